The van der Waals surface area contributed by atoms with Gasteiger partial charge in [-0.3, -0.25) is 0 Å². The van der Waals surface area contributed by atoms with Crippen LogP contribution in [0.15, 0.2) is 24.5 Å². The Kier molecular flexibility index (Phi) is 3.70. The SMILES string of the molecule is Cn1cnc2cc(CNC3CCC(C#N)CC3)ccc21. The Bertz CT molecular complexity index is 629. The average Bonchev–Trinajstić information content (AvgIpc) is 2.87. The van der Waals surface area contributed by atoms with Gasteiger partial charge in [0.25, 0.3) is 0 Å². The monoisotopic (exact) mass is 268 g/mol. The molecule has 0 bridgehead atoms. The van der Waals surface area contributed by atoms with Gasteiger partial charge < -0.3 is 9.88 Å². The molecule has 4 nitrogen and oxygen atoms in total. The molecule has 2 aromatic rings. The molecular formula is C16H20N4. The minimum absolute atomic E-state index is 0.276. The van der Waals surface area contributed by atoms with Gasteiger partial charge in [0.2, 0.25) is 0 Å². The molecule has 1 saturated carbocycles. The third kappa shape index (κ3) is 2.68. The van der Waals surface area contributed by atoms with E-state index in [1.807, 2.05) is 17.9 Å². The number of aromatic nitrogens is 2. The molecular weight excluding hydrogens is 248 g/mol. The number of aryl methyl sites for hydroxylation is 1. The number of imidazole rings is 1. The van der Waals surface area contributed by atoms with E-state index >= 15 is 0 Å². The van der Waals surface area contributed by atoms with Crippen LogP contribution >= 0.6 is 0 Å². The molecule has 0 radical (unpaired) electrons. The molecule has 0 atom stereocenters. The molecule has 1 N–H and O–H groups in total. The van der Waals surface area contributed by atoms with E-state index in [2.05, 4.69) is 34.6 Å². The van der Waals surface area contributed by atoms with Gasteiger partial charge in [0.15, 0.2) is 0 Å². The number of nitriles is 1. The Morgan fingerprint density at radius 3 is 2.90 bits per heavy atom. The number of nitrogens with zero attached hydrogens (tertiary/aromatic N) is 3. The average molecular weight is 268 g/mol. The predicted octanol–water partition coefficient (Wildman–Crippen LogP) is 2.75. The lowest BCUT2D eigenvalue weighted by Gasteiger charge is -2.25. The number of fused-ring (bicyclic) bond motifs is 1. The van der Waals surface area contributed by atoms with Crippen LogP contribution in [0.4, 0.5) is 0 Å². The van der Waals surface area contributed by atoms with Crippen LogP contribution in [0.1, 0.15) is 31.2 Å². The first-order valence-electron chi connectivity index (χ1n) is 7.29. The fourth-order valence-electron chi connectivity index (χ4n) is 2.98. The van der Waals surface area contributed by atoms with Crippen molar-refractivity contribution < 1.29 is 0 Å². The Labute approximate surface area is 119 Å². The molecule has 0 spiro atoms. The zero-order valence-corrected chi connectivity index (χ0v) is 11.8. The summed E-state index contributed by atoms with van der Waals surface area (Å²) >= 11 is 0. The van der Waals surface area contributed by atoms with Crippen LogP contribution in [-0.2, 0) is 13.6 Å². The second-order valence-corrected chi connectivity index (χ2v) is 5.74. The highest BCUT2D eigenvalue weighted by Crippen LogP contribution is 2.24. The summed E-state index contributed by atoms with van der Waals surface area (Å²) in [5.74, 6) is 0.276. The van der Waals surface area contributed by atoms with E-state index < -0.39 is 0 Å². The molecule has 1 aromatic carbocycles. The zero-order chi connectivity index (χ0) is 13.9. The molecule has 1 heterocycles. The highest BCUT2D eigenvalue weighted by Gasteiger charge is 2.20. The summed E-state index contributed by atoms with van der Waals surface area (Å²) in [5, 5.41) is 12.5. The van der Waals surface area contributed by atoms with E-state index in [-0.39, 0.29) is 5.92 Å². The second-order valence-electron chi connectivity index (χ2n) is 5.74. The topological polar surface area (TPSA) is 53.6 Å². The first-order chi connectivity index (χ1) is 9.76. The van der Waals surface area contributed by atoms with Gasteiger partial charge in [0.1, 0.15) is 0 Å². The minimum Gasteiger partial charge on any atom is -0.334 e. The minimum atomic E-state index is 0.276. The van der Waals surface area contributed by atoms with E-state index in [1.54, 1.807) is 0 Å². The van der Waals surface area contributed by atoms with Crippen LogP contribution in [0.2, 0.25) is 0 Å². The normalized spacial score (nSPS) is 22.8. The standard InChI is InChI=1S/C16H20N4/c1-20-11-19-15-8-13(4-7-16(15)20)10-18-14-5-2-12(9-17)3-6-14/h4,7-8,11-12,14,18H,2-3,5-6,10H2,1H3. The summed E-state index contributed by atoms with van der Waals surface area (Å²) < 4.78 is 2.04. The van der Waals surface area contributed by atoms with Crippen molar-refractivity contribution in [1.82, 2.24) is 14.9 Å². The molecule has 1 aliphatic carbocycles. The number of rotatable bonds is 3. The molecule has 104 valence electrons. The fraction of sp³-hybridized carbons (Fsp3) is 0.500. The first-order valence-corrected chi connectivity index (χ1v) is 7.29. The second kappa shape index (κ2) is 5.64. The lowest BCUT2D eigenvalue weighted by molar-refractivity contribution is 0.331. The number of nitrogens with one attached hydrogen (secondary N) is 1. The summed E-state index contributed by atoms with van der Waals surface area (Å²) in [4.78, 5) is 4.39. The van der Waals surface area contributed by atoms with Crippen molar-refractivity contribution in [2.24, 2.45) is 13.0 Å². The van der Waals surface area contributed by atoms with Crippen molar-refractivity contribution in [3.8, 4) is 6.07 Å². The maximum absolute atomic E-state index is 8.91. The predicted molar refractivity (Wildman–Crippen MR) is 78.9 cm³/mol. The Balaban J connectivity index is 1.59. The van der Waals surface area contributed by atoms with E-state index in [9.17, 15) is 0 Å². The van der Waals surface area contributed by atoms with Gasteiger partial charge in [0.05, 0.1) is 23.4 Å². The van der Waals surface area contributed by atoms with Gasteiger partial charge in [-0.05, 0) is 43.4 Å². The van der Waals surface area contributed by atoms with E-state index in [0.717, 1.165) is 37.7 Å². The molecule has 0 aliphatic heterocycles. The molecule has 1 fully saturated rings. The molecule has 0 unspecified atom stereocenters. The molecule has 4 heteroatoms. The van der Waals surface area contributed by atoms with Gasteiger partial charge in [-0.1, -0.05) is 6.07 Å². The van der Waals surface area contributed by atoms with Crippen LogP contribution in [0.5, 0.6) is 0 Å². The molecule has 1 aliphatic rings. The van der Waals surface area contributed by atoms with E-state index in [0.29, 0.717) is 6.04 Å². The lowest BCUT2D eigenvalue weighted by atomic mass is 9.87. The van der Waals surface area contributed by atoms with Crippen LogP contribution < -0.4 is 5.32 Å². The van der Waals surface area contributed by atoms with Crippen LogP contribution in [0.25, 0.3) is 11.0 Å². The molecule has 0 saturated heterocycles. The van der Waals surface area contributed by atoms with Crippen LogP contribution in [0, 0.1) is 17.2 Å². The summed E-state index contributed by atoms with van der Waals surface area (Å²) in [6.07, 6.45) is 6.15. The largest absolute Gasteiger partial charge is 0.334 e. The smallest absolute Gasteiger partial charge is 0.0955 e. The Hall–Kier alpha value is -1.86. The highest BCUT2D eigenvalue weighted by molar-refractivity contribution is 5.75. The van der Waals surface area contributed by atoms with Crippen molar-refractivity contribution in [2.75, 3.05) is 0 Å². The van der Waals surface area contributed by atoms with Crippen molar-refractivity contribution in [3.63, 3.8) is 0 Å². The van der Waals surface area contributed by atoms with Crippen LogP contribution in [0.3, 0.4) is 0 Å². The van der Waals surface area contributed by atoms with Crippen molar-refractivity contribution in [2.45, 2.75) is 38.3 Å². The number of benzene rings is 1. The summed E-state index contributed by atoms with van der Waals surface area (Å²) in [5.41, 5.74) is 3.50. The van der Waals surface area contributed by atoms with Crippen LogP contribution in [-0.4, -0.2) is 15.6 Å². The maximum Gasteiger partial charge on any atom is 0.0955 e. The molecule has 20 heavy (non-hydrogen) atoms. The quantitative estimate of drug-likeness (QED) is 0.931. The van der Waals surface area contributed by atoms with Crippen molar-refractivity contribution in [1.29, 1.82) is 5.26 Å². The van der Waals surface area contributed by atoms with Gasteiger partial charge in [0, 0.05) is 25.6 Å². The molecule has 1 aromatic heterocycles. The van der Waals surface area contributed by atoms with Gasteiger partial charge in [-0.2, -0.15) is 5.26 Å². The Morgan fingerprint density at radius 2 is 2.15 bits per heavy atom. The third-order valence-electron chi connectivity index (χ3n) is 4.29. The van der Waals surface area contributed by atoms with Crippen molar-refractivity contribution in [3.05, 3.63) is 30.1 Å². The van der Waals surface area contributed by atoms with E-state index in [1.165, 1.54) is 11.1 Å². The lowest BCUT2D eigenvalue weighted by Crippen LogP contribution is -2.32. The molecule has 0 amide bonds. The summed E-state index contributed by atoms with van der Waals surface area (Å²) in [6, 6.07) is 9.39. The number of hydrogen-bond acceptors (Lipinski definition) is 3. The van der Waals surface area contributed by atoms with Crippen molar-refractivity contribution >= 4 is 11.0 Å². The maximum atomic E-state index is 8.91. The van der Waals surface area contributed by atoms with Gasteiger partial charge >= 0.3 is 0 Å². The highest BCUT2D eigenvalue weighted by atomic mass is 15.0. The third-order valence-corrected chi connectivity index (χ3v) is 4.29. The fourth-order valence-corrected chi connectivity index (χ4v) is 2.98. The number of hydrogen-bond donors (Lipinski definition) is 1. The summed E-state index contributed by atoms with van der Waals surface area (Å²) in [7, 11) is 2.01. The van der Waals surface area contributed by atoms with Gasteiger partial charge in [-0.15, -0.1) is 0 Å². The first kappa shape index (κ1) is 13.1. The Morgan fingerprint density at radius 1 is 1.35 bits per heavy atom. The van der Waals surface area contributed by atoms with Gasteiger partial charge in [-0.25, -0.2) is 4.98 Å². The summed E-state index contributed by atoms with van der Waals surface area (Å²) in [6.45, 7) is 0.883. The molecule has 3 rings (SSSR count). The van der Waals surface area contributed by atoms with E-state index in [4.69, 9.17) is 5.26 Å². The zero-order valence-electron chi connectivity index (χ0n) is 11.8.